The number of nitrogens with zero attached hydrogens (tertiary/aromatic N) is 1. The Balaban J connectivity index is 0.980. The minimum Gasteiger partial charge on any atom is -0.456 e. The molecule has 0 spiro atoms. The summed E-state index contributed by atoms with van der Waals surface area (Å²) < 4.78 is 6.40. The van der Waals surface area contributed by atoms with Crippen molar-refractivity contribution in [2.24, 2.45) is 0 Å². The van der Waals surface area contributed by atoms with Crippen LogP contribution in [-0.2, 0) is 5.41 Å². The molecule has 0 N–H and O–H groups in total. The van der Waals surface area contributed by atoms with E-state index in [4.69, 9.17) is 4.42 Å². The molecular weight excluding hydrogens is 763 g/mol. The zero-order valence-electron chi connectivity index (χ0n) is 35.2. The summed E-state index contributed by atoms with van der Waals surface area (Å²) in [4.78, 5) is 2.41. The Bertz CT molecular complexity index is 3540. The number of fused-ring (bicyclic) bond motifs is 7. The normalized spacial score (nSPS) is 12.7. The number of anilines is 3. The third-order valence-electron chi connectivity index (χ3n) is 13.3. The lowest BCUT2D eigenvalue weighted by atomic mass is 9.79. The van der Waals surface area contributed by atoms with Crippen LogP contribution in [0.2, 0.25) is 0 Å². The smallest absolute Gasteiger partial charge is 0.136 e. The summed E-state index contributed by atoms with van der Waals surface area (Å²) in [5.74, 6) is 0. The second kappa shape index (κ2) is 14.6. The molecule has 1 heterocycles. The summed E-state index contributed by atoms with van der Waals surface area (Å²) in [6, 6.07) is 81.6. The van der Waals surface area contributed by atoms with Gasteiger partial charge in [0, 0.05) is 33.1 Å². The Morgan fingerprint density at radius 3 is 1.75 bits per heavy atom. The van der Waals surface area contributed by atoms with Gasteiger partial charge in [-0.2, -0.15) is 0 Å². The summed E-state index contributed by atoms with van der Waals surface area (Å²) in [7, 11) is 0. The van der Waals surface area contributed by atoms with Crippen LogP contribution in [0.25, 0.3) is 88.3 Å². The Morgan fingerprint density at radius 1 is 0.365 bits per heavy atom. The molecule has 0 fully saturated rings. The summed E-state index contributed by atoms with van der Waals surface area (Å²) in [6.45, 7) is 4.72. The Kier molecular flexibility index (Phi) is 8.55. The fourth-order valence-corrected chi connectivity index (χ4v) is 10.3. The summed E-state index contributed by atoms with van der Waals surface area (Å²) >= 11 is 0. The van der Waals surface area contributed by atoms with E-state index in [2.05, 4.69) is 237 Å². The molecule has 1 aliphatic rings. The van der Waals surface area contributed by atoms with Gasteiger partial charge >= 0.3 is 0 Å². The first-order valence-electron chi connectivity index (χ1n) is 21.8. The molecule has 0 saturated carbocycles. The van der Waals surface area contributed by atoms with Crippen molar-refractivity contribution >= 4 is 49.8 Å². The van der Waals surface area contributed by atoms with Crippen LogP contribution in [0.5, 0.6) is 0 Å². The molecular formula is C61H43NO. The van der Waals surface area contributed by atoms with Gasteiger partial charge in [0.25, 0.3) is 0 Å². The van der Waals surface area contributed by atoms with Crippen LogP contribution in [-0.4, -0.2) is 0 Å². The molecule has 12 rings (SSSR count). The number of hydrogen-bond donors (Lipinski definition) is 0. The van der Waals surface area contributed by atoms with Crippen LogP contribution >= 0.6 is 0 Å². The van der Waals surface area contributed by atoms with E-state index in [9.17, 15) is 0 Å². The van der Waals surface area contributed by atoms with Gasteiger partial charge in [-0.25, -0.2) is 0 Å². The largest absolute Gasteiger partial charge is 0.456 e. The van der Waals surface area contributed by atoms with Crippen molar-refractivity contribution in [3.05, 3.63) is 236 Å². The van der Waals surface area contributed by atoms with Gasteiger partial charge in [0.1, 0.15) is 11.2 Å². The average molecular weight is 806 g/mol. The molecule has 0 aliphatic heterocycles. The number of hydrogen-bond acceptors (Lipinski definition) is 2. The number of rotatable bonds is 7. The summed E-state index contributed by atoms with van der Waals surface area (Å²) in [5, 5.41) is 4.74. The van der Waals surface area contributed by atoms with Gasteiger partial charge < -0.3 is 9.32 Å². The van der Waals surface area contributed by atoms with Crippen LogP contribution in [0.3, 0.4) is 0 Å². The van der Waals surface area contributed by atoms with E-state index in [1.54, 1.807) is 0 Å². The third kappa shape index (κ3) is 6.09. The standard InChI is InChI=1S/C61H43NO/c1-61(2)55-24-8-5-18-50(55)53-23-12-21-49(60(53)61)42-32-36-48(37-33-42)62(56-25-9-6-19-51(56)52-22-13-27-58-59(52)54-20-7-10-26-57(54)63-58)47-34-30-41(31-35-47)44-16-11-17-45(38-44)46-29-28-40-14-3-4-15-43(40)39-46/h3-39H,1-2H3. The van der Waals surface area contributed by atoms with Gasteiger partial charge in [-0.15, -0.1) is 0 Å². The summed E-state index contributed by atoms with van der Waals surface area (Å²) in [6.07, 6.45) is 0. The van der Waals surface area contributed by atoms with Crippen LogP contribution in [0.15, 0.2) is 229 Å². The van der Waals surface area contributed by atoms with Crippen LogP contribution in [0.4, 0.5) is 17.1 Å². The second-order valence-electron chi connectivity index (χ2n) is 17.3. The Labute approximate surface area is 368 Å². The number of benzene rings is 10. The molecule has 0 bridgehead atoms. The molecule has 2 heteroatoms. The first-order valence-corrected chi connectivity index (χ1v) is 21.8. The molecule has 10 aromatic carbocycles. The highest BCUT2D eigenvalue weighted by atomic mass is 16.3. The molecule has 0 atom stereocenters. The van der Waals surface area contributed by atoms with E-state index < -0.39 is 0 Å². The van der Waals surface area contributed by atoms with E-state index >= 15 is 0 Å². The molecule has 1 aromatic heterocycles. The molecule has 0 saturated heterocycles. The molecule has 0 radical (unpaired) electrons. The SMILES string of the molecule is CC1(C)c2ccccc2-c2cccc(-c3ccc(N(c4ccc(-c5cccc(-c6ccc7ccccc7c6)c5)cc4)c4ccccc4-c4cccc5oc6ccccc6c45)cc3)c21. The molecule has 63 heavy (non-hydrogen) atoms. The quantitative estimate of drug-likeness (QED) is 0.160. The van der Waals surface area contributed by atoms with Crippen molar-refractivity contribution in [2.45, 2.75) is 19.3 Å². The fourth-order valence-electron chi connectivity index (χ4n) is 10.3. The third-order valence-corrected chi connectivity index (χ3v) is 13.3. The van der Waals surface area contributed by atoms with Gasteiger partial charge in [-0.3, -0.25) is 0 Å². The topological polar surface area (TPSA) is 16.4 Å². The van der Waals surface area contributed by atoms with Gasteiger partial charge in [0.05, 0.1) is 5.69 Å². The molecule has 1 aliphatic carbocycles. The van der Waals surface area contributed by atoms with Crippen molar-refractivity contribution in [3.8, 4) is 55.6 Å². The van der Waals surface area contributed by atoms with E-state index in [1.807, 2.05) is 6.07 Å². The highest BCUT2D eigenvalue weighted by Crippen LogP contribution is 2.52. The predicted octanol–water partition coefficient (Wildman–Crippen LogP) is 17.2. The van der Waals surface area contributed by atoms with Gasteiger partial charge in [-0.05, 0) is 127 Å². The van der Waals surface area contributed by atoms with E-state index in [0.29, 0.717) is 0 Å². The lowest BCUT2D eigenvalue weighted by molar-refractivity contribution is 0.662. The molecule has 2 nitrogen and oxygen atoms in total. The molecule has 0 amide bonds. The van der Waals surface area contributed by atoms with Crippen LogP contribution in [0, 0.1) is 0 Å². The van der Waals surface area contributed by atoms with Crippen LogP contribution in [0.1, 0.15) is 25.0 Å². The molecule has 0 unspecified atom stereocenters. The predicted molar refractivity (Wildman–Crippen MR) is 265 cm³/mol. The van der Waals surface area contributed by atoms with Crippen molar-refractivity contribution in [1.82, 2.24) is 0 Å². The monoisotopic (exact) mass is 805 g/mol. The van der Waals surface area contributed by atoms with Crippen molar-refractivity contribution < 1.29 is 4.42 Å². The highest BCUT2D eigenvalue weighted by Gasteiger charge is 2.37. The average Bonchev–Trinajstić information content (AvgIpc) is 3.84. The van der Waals surface area contributed by atoms with Gasteiger partial charge in [0.15, 0.2) is 0 Å². The molecule has 298 valence electrons. The van der Waals surface area contributed by atoms with E-state index in [0.717, 1.165) is 50.1 Å². The van der Waals surface area contributed by atoms with Crippen molar-refractivity contribution in [2.75, 3.05) is 4.90 Å². The fraction of sp³-hybridized carbons (Fsp3) is 0.0492. The summed E-state index contributed by atoms with van der Waals surface area (Å²) in [5.41, 5.74) is 19.9. The maximum Gasteiger partial charge on any atom is 0.136 e. The van der Waals surface area contributed by atoms with Crippen molar-refractivity contribution in [3.63, 3.8) is 0 Å². The van der Waals surface area contributed by atoms with Gasteiger partial charge in [-0.1, -0.05) is 184 Å². The zero-order chi connectivity index (χ0) is 42.1. The number of furan rings is 1. The van der Waals surface area contributed by atoms with Crippen molar-refractivity contribution in [1.29, 1.82) is 0 Å². The molecule has 11 aromatic rings. The Hall–Kier alpha value is -7.94. The highest BCUT2D eigenvalue weighted by molar-refractivity contribution is 6.14. The maximum absolute atomic E-state index is 6.40. The Morgan fingerprint density at radius 2 is 0.921 bits per heavy atom. The van der Waals surface area contributed by atoms with Crippen LogP contribution < -0.4 is 4.90 Å². The minimum absolute atomic E-state index is 0.110. The lowest BCUT2D eigenvalue weighted by Crippen LogP contribution is -2.16. The zero-order valence-corrected chi connectivity index (χ0v) is 35.2. The minimum atomic E-state index is -0.110. The maximum atomic E-state index is 6.40. The number of para-hydroxylation sites is 2. The first kappa shape index (κ1) is 36.9. The second-order valence-corrected chi connectivity index (χ2v) is 17.3. The van der Waals surface area contributed by atoms with Gasteiger partial charge in [0.2, 0.25) is 0 Å². The van der Waals surface area contributed by atoms with E-state index in [1.165, 1.54) is 66.4 Å². The van der Waals surface area contributed by atoms with E-state index in [-0.39, 0.29) is 5.41 Å². The first-order chi connectivity index (χ1) is 31.0. The lowest BCUT2D eigenvalue weighted by Gasteiger charge is -2.29.